The van der Waals surface area contributed by atoms with E-state index in [1.54, 1.807) is 0 Å². The van der Waals surface area contributed by atoms with Gasteiger partial charge in [-0.2, -0.15) is 0 Å². The summed E-state index contributed by atoms with van der Waals surface area (Å²) in [6.07, 6.45) is 0.770. The number of aliphatic hydroxyl groups is 1. The summed E-state index contributed by atoms with van der Waals surface area (Å²) in [6, 6.07) is 9.42. The highest BCUT2D eigenvalue weighted by Crippen LogP contribution is 2.26. The molecule has 1 fully saturated rings. The van der Waals surface area contributed by atoms with Gasteiger partial charge in [0, 0.05) is 11.6 Å². The molecule has 0 aliphatic carbocycles. The summed E-state index contributed by atoms with van der Waals surface area (Å²) in [5.74, 6) is -0.487. The Morgan fingerprint density at radius 1 is 1.42 bits per heavy atom. The zero-order valence-electron chi connectivity index (χ0n) is 10.6. The number of rotatable bonds is 3. The molecule has 1 aromatic carbocycles. The molecule has 0 radical (unpaired) electrons. The normalized spacial score (nSPS) is 27.4. The first-order valence-corrected chi connectivity index (χ1v) is 5.97. The molecule has 1 N–H and O–H groups in total. The standard InChI is InChI=1S/C14H16O5/c1-17-13(16)8-7-12-11(15)9-18-14(19-12)10-5-3-2-4-6-10/h2-8,11-12,14-15H,9H2,1H3/b8-7+/t11-,12+,14?/m1/s1. The first-order chi connectivity index (χ1) is 9.20. The molecule has 2 rings (SSSR count). The van der Waals surface area contributed by atoms with Gasteiger partial charge in [0.2, 0.25) is 0 Å². The van der Waals surface area contributed by atoms with Crippen molar-refractivity contribution >= 4 is 5.97 Å². The van der Waals surface area contributed by atoms with Gasteiger partial charge in [0.1, 0.15) is 12.2 Å². The van der Waals surface area contributed by atoms with Crippen molar-refractivity contribution < 1.29 is 24.1 Å². The van der Waals surface area contributed by atoms with Gasteiger partial charge in [0.15, 0.2) is 6.29 Å². The summed E-state index contributed by atoms with van der Waals surface area (Å²) in [6.45, 7) is 0.149. The minimum atomic E-state index is -0.805. The van der Waals surface area contributed by atoms with E-state index >= 15 is 0 Å². The van der Waals surface area contributed by atoms with Crippen molar-refractivity contribution in [2.45, 2.75) is 18.5 Å². The van der Waals surface area contributed by atoms with E-state index in [-0.39, 0.29) is 6.61 Å². The van der Waals surface area contributed by atoms with Crippen LogP contribution < -0.4 is 0 Å². The van der Waals surface area contributed by atoms with E-state index in [1.165, 1.54) is 19.3 Å². The highest BCUT2D eigenvalue weighted by molar-refractivity contribution is 5.81. The molecule has 0 spiro atoms. The van der Waals surface area contributed by atoms with Crippen molar-refractivity contribution in [1.29, 1.82) is 0 Å². The first kappa shape index (κ1) is 13.7. The highest BCUT2D eigenvalue weighted by Gasteiger charge is 2.29. The second kappa shape index (κ2) is 6.47. The molecule has 0 bridgehead atoms. The van der Waals surface area contributed by atoms with Gasteiger partial charge < -0.3 is 19.3 Å². The molecule has 1 aliphatic rings. The average molecular weight is 264 g/mol. The van der Waals surface area contributed by atoms with Crippen LogP contribution in [0.3, 0.4) is 0 Å². The summed E-state index contributed by atoms with van der Waals surface area (Å²) >= 11 is 0. The predicted octanol–water partition coefficient (Wildman–Crippen LogP) is 1.19. The second-order valence-corrected chi connectivity index (χ2v) is 4.13. The van der Waals surface area contributed by atoms with Gasteiger partial charge in [-0.25, -0.2) is 4.79 Å². The maximum absolute atomic E-state index is 11.0. The largest absolute Gasteiger partial charge is 0.466 e. The number of hydrogen-bond donors (Lipinski definition) is 1. The molecule has 0 aromatic heterocycles. The monoisotopic (exact) mass is 264 g/mol. The lowest BCUT2D eigenvalue weighted by molar-refractivity contribution is -0.243. The molecule has 102 valence electrons. The number of esters is 1. The van der Waals surface area contributed by atoms with Gasteiger partial charge in [-0.1, -0.05) is 30.3 Å². The molecule has 0 saturated carbocycles. The van der Waals surface area contributed by atoms with Crippen LogP contribution >= 0.6 is 0 Å². The lowest BCUT2D eigenvalue weighted by Gasteiger charge is -2.32. The number of hydrogen-bond acceptors (Lipinski definition) is 5. The minimum absolute atomic E-state index is 0.149. The lowest BCUT2D eigenvalue weighted by Crippen LogP contribution is -2.39. The van der Waals surface area contributed by atoms with Gasteiger partial charge in [-0.3, -0.25) is 0 Å². The summed E-state index contributed by atoms with van der Waals surface area (Å²) in [5.41, 5.74) is 0.867. The SMILES string of the molecule is COC(=O)/C=C/[C@@H]1OC(c2ccccc2)OC[C@H]1O. The molecule has 19 heavy (non-hydrogen) atoms. The Labute approximate surface area is 111 Å². The average Bonchev–Trinajstić information content (AvgIpc) is 2.47. The van der Waals surface area contributed by atoms with Crippen LogP contribution in [0.5, 0.6) is 0 Å². The second-order valence-electron chi connectivity index (χ2n) is 4.13. The van der Waals surface area contributed by atoms with Gasteiger partial charge in [0.25, 0.3) is 0 Å². The van der Waals surface area contributed by atoms with Crippen LogP contribution in [0.15, 0.2) is 42.5 Å². The van der Waals surface area contributed by atoms with Crippen molar-refractivity contribution in [3.8, 4) is 0 Å². The van der Waals surface area contributed by atoms with Gasteiger partial charge >= 0.3 is 5.97 Å². The molecule has 1 saturated heterocycles. The zero-order valence-corrected chi connectivity index (χ0v) is 10.6. The molecule has 3 atom stereocenters. The van der Waals surface area contributed by atoms with E-state index < -0.39 is 24.5 Å². The van der Waals surface area contributed by atoms with Crippen LogP contribution in [0.4, 0.5) is 0 Å². The van der Waals surface area contributed by atoms with Crippen molar-refractivity contribution in [3.05, 3.63) is 48.0 Å². The molecule has 1 aromatic rings. The number of methoxy groups -OCH3 is 1. The number of ether oxygens (including phenoxy) is 3. The number of benzene rings is 1. The third-order valence-electron chi connectivity index (χ3n) is 2.77. The summed E-state index contributed by atoms with van der Waals surface area (Å²) in [4.78, 5) is 11.0. The Morgan fingerprint density at radius 3 is 2.84 bits per heavy atom. The topological polar surface area (TPSA) is 65.0 Å². The highest BCUT2D eigenvalue weighted by atomic mass is 16.7. The third-order valence-corrected chi connectivity index (χ3v) is 2.77. The lowest BCUT2D eigenvalue weighted by atomic mass is 10.1. The fraction of sp³-hybridized carbons (Fsp3) is 0.357. The maximum Gasteiger partial charge on any atom is 0.330 e. The van der Waals surface area contributed by atoms with Crippen molar-refractivity contribution in [2.24, 2.45) is 0 Å². The van der Waals surface area contributed by atoms with Gasteiger partial charge in [-0.05, 0) is 6.08 Å². The number of aliphatic hydroxyl groups excluding tert-OH is 1. The molecule has 5 heteroatoms. The Kier molecular flexibility index (Phi) is 4.68. The van der Waals surface area contributed by atoms with Crippen molar-refractivity contribution in [1.82, 2.24) is 0 Å². The van der Waals surface area contributed by atoms with Crippen molar-refractivity contribution in [2.75, 3.05) is 13.7 Å². The van der Waals surface area contributed by atoms with Gasteiger partial charge in [-0.15, -0.1) is 0 Å². The predicted molar refractivity (Wildman–Crippen MR) is 67.2 cm³/mol. The van der Waals surface area contributed by atoms with E-state index in [2.05, 4.69) is 4.74 Å². The van der Waals surface area contributed by atoms with Crippen LogP contribution in [0, 0.1) is 0 Å². The number of carbonyl (C=O) groups is 1. The summed E-state index contributed by atoms with van der Waals surface area (Å²) in [7, 11) is 1.29. The van der Waals surface area contributed by atoms with Crippen LogP contribution in [0.25, 0.3) is 0 Å². The third kappa shape index (κ3) is 3.64. The van der Waals surface area contributed by atoms with Crippen LogP contribution in [-0.4, -0.2) is 37.0 Å². The van der Waals surface area contributed by atoms with Crippen LogP contribution in [-0.2, 0) is 19.0 Å². The molecule has 1 aliphatic heterocycles. The molecule has 0 amide bonds. The Bertz CT molecular complexity index is 442. The van der Waals surface area contributed by atoms with Crippen molar-refractivity contribution in [3.63, 3.8) is 0 Å². The van der Waals surface area contributed by atoms with E-state index in [0.717, 1.165) is 5.56 Å². The van der Waals surface area contributed by atoms with E-state index in [0.29, 0.717) is 0 Å². The smallest absolute Gasteiger partial charge is 0.330 e. The van der Waals surface area contributed by atoms with Crippen LogP contribution in [0.1, 0.15) is 11.9 Å². The molecule has 1 heterocycles. The minimum Gasteiger partial charge on any atom is -0.466 e. The Balaban J connectivity index is 2.04. The maximum atomic E-state index is 11.0. The Morgan fingerprint density at radius 2 is 2.16 bits per heavy atom. The molecule has 1 unspecified atom stereocenters. The van der Waals surface area contributed by atoms with E-state index in [1.807, 2.05) is 30.3 Å². The number of carbonyl (C=O) groups excluding carboxylic acids is 1. The van der Waals surface area contributed by atoms with E-state index in [9.17, 15) is 9.90 Å². The van der Waals surface area contributed by atoms with Gasteiger partial charge in [0.05, 0.1) is 13.7 Å². The molecule has 5 nitrogen and oxygen atoms in total. The first-order valence-electron chi connectivity index (χ1n) is 5.97. The summed E-state index contributed by atoms with van der Waals surface area (Å²) in [5, 5.41) is 9.77. The quantitative estimate of drug-likeness (QED) is 0.656. The summed E-state index contributed by atoms with van der Waals surface area (Å²) < 4.78 is 15.5. The van der Waals surface area contributed by atoms with E-state index in [4.69, 9.17) is 9.47 Å². The zero-order chi connectivity index (χ0) is 13.7. The molecular formula is C14H16O5. The fourth-order valence-corrected chi connectivity index (χ4v) is 1.75. The van der Waals surface area contributed by atoms with Crippen LogP contribution in [0.2, 0.25) is 0 Å². The fourth-order valence-electron chi connectivity index (χ4n) is 1.75. The Hall–Kier alpha value is -1.69. The molecular weight excluding hydrogens is 248 g/mol.